The average Bonchev–Trinajstić information content (AvgIpc) is 2.27. The van der Waals surface area contributed by atoms with Gasteiger partial charge in [0.25, 0.3) is 0 Å². The summed E-state index contributed by atoms with van der Waals surface area (Å²) in [7, 11) is 1.72. The highest BCUT2D eigenvalue weighted by Crippen LogP contribution is 2.20. The molecule has 1 fully saturated rings. The zero-order valence-electron chi connectivity index (χ0n) is 9.99. The highest BCUT2D eigenvalue weighted by molar-refractivity contribution is 5.24. The first kappa shape index (κ1) is 12.1. The molecule has 86 valence electrons. The Bertz CT molecular complexity index is 250. The SMILES string of the molecule is C/C=C(OC)\C(=C/C)N1CCC(N)CC1. The molecule has 1 aliphatic heterocycles. The fourth-order valence-corrected chi connectivity index (χ4v) is 1.99. The van der Waals surface area contributed by atoms with Crippen LogP contribution in [0.5, 0.6) is 0 Å². The van der Waals surface area contributed by atoms with Crippen molar-refractivity contribution in [1.82, 2.24) is 4.90 Å². The van der Waals surface area contributed by atoms with E-state index < -0.39 is 0 Å². The van der Waals surface area contributed by atoms with Gasteiger partial charge in [-0.2, -0.15) is 0 Å². The third-order valence-corrected chi connectivity index (χ3v) is 2.89. The molecule has 1 aliphatic rings. The first-order valence-electron chi connectivity index (χ1n) is 5.60. The Morgan fingerprint density at radius 3 is 2.27 bits per heavy atom. The van der Waals surface area contributed by atoms with Crippen LogP contribution in [-0.2, 0) is 4.74 Å². The van der Waals surface area contributed by atoms with Crippen molar-refractivity contribution in [2.75, 3.05) is 20.2 Å². The zero-order chi connectivity index (χ0) is 11.3. The van der Waals surface area contributed by atoms with Crippen molar-refractivity contribution in [3.05, 3.63) is 23.6 Å². The number of allylic oxidation sites excluding steroid dienone is 2. The van der Waals surface area contributed by atoms with Crippen LogP contribution < -0.4 is 5.73 Å². The highest BCUT2D eigenvalue weighted by Gasteiger charge is 2.19. The maximum Gasteiger partial charge on any atom is 0.137 e. The van der Waals surface area contributed by atoms with Crippen molar-refractivity contribution in [2.45, 2.75) is 32.7 Å². The summed E-state index contributed by atoms with van der Waals surface area (Å²) in [6.45, 7) is 6.10. The molecule has 1 heterocycles. The third-order valence-electron chi connectivity index (χ3n) is 2.89. The van der Waals surface area contributed by atoms with Gasteiger partial charge in [-0.25, -0.2) is 0 Å². The van der Waals surface area contributed by atoms with Gasteiger partial charge < -0.3 is 15.4 Å². The molecule has 0 aromatic carbocycles. The van der Waals surface area contributed by atoms with E-state index in [1.54, 1.807) is 7.11 Å². The number of rotatable bonds is 3. The summed E-state index contributed by atoms with van der Waals surface area (Å²) in [6, 6.07) is 0.371. The van der Waals surface area contributed by atoms with Gasteiger partial charge in [0.15, 0.2) is 0 Å². The van der Waals surface area contributed by atoms with E-state index in [2.05, 4.69) is 11.0 Å². The lowest BCUT2D eigenvalue weighted by Crippen LogP contribution is -2.39. The van der Waals surface area contributed by atoms with E-state index in [9.17, 15) is 0 Å². The zero-order valence-corrected chi connectivity index (χ0v) is 9.99. The number of piperidine rings is 1. The molecular formula is C12H22N2O. The Morgan fingerprint density at radius 1 is 1.27 bits per heavy atom. The van der Waals surface area contributed by atoms with Crippen LogP contribution in [0.25, 0.3) is 0 Å². The summed E-state index contributed by atoms with van der Waals surface area (Å²) in [6.07, 6.45) is 6.25. The van der Waals surface area contributed by atoms with Gasteiger partial charge in [0.1, 0.15) is 5.76 Å². The molecule has 0 amide bonds. The summed E-state index contributed by atoms with van der Waals surface area (Å²) in [4.78, 5) is 2.35. The molecule has 0 aromatic rings. The van der Waals surface area contributed by atoms with Gasteiger partial charge in [-0.05, 0) is 32.8 Å². The van der Waals surface area contributed by atoms with Crippen molar-refractivity contribution in [3.8, 4) is 0 Å². The lowest BCUT2D eigenvalue weighted by atomic mass is 10.1. The summed E-state index contributed by atoms with van der Waals surface area (Å²) < 4.78 is 5.35. The molecule has 0 aromatic heterocycles. The summed E-state index contributed by atoms with van der Waals surface area (Å²) >= 11 is 0. The number of ether oxygens (including phenoxy) is 1. The van der Waals surface area contributed by atoms with E-state index >= 15 is 0 Å². The number of nitrogens with two attached hydrogens (primary N) is 1. The molecule has 15 heavy (non-hydrogen) atoms. The van der Waals surface area contributed by atoms with Crippen LogP contribution in [0.2, 0.25) is 0 Å². The van der Waals surface area contributed by atoms with E-state index in [-0.39, 0.29) is 0 Å². The normalized spacial score (nSPS) is 20.7. The molecule has 0 saturated carbocycles. The summed E-state index contributed by atoms with van der Waals surface area (Å²) in [5, 5.41) is 0. The van der Waals surface area contributed by atoms with Gasteiger partial charge in [0.2, 0.25) is 0 Å². The second-order valence-corrected chi connectivity index (χ2v) is 3.86. The summed E-state index contributed by atoms with van der Waals surface area (Å²) in [5.74, 6) is 0.952. The predicted octanol–water partition coefficient (Wildman–Crippen LogP) is 1.86. The van der Waals surface area contributed by atoms with Crippen LogP contribution in [-0.4, -0.2) is 31.1 Å². The molecule has 3 nitrogen and oxygen atoms in total. The smallest absolute Gasteiger partial charge is 0.137 e. The van der Waals surface area contributed by atoms with Crippen LogP contribution in [0.1, 0.15) is 26.7 Å². The fourth-order valence-electron chi connectivity index (χ4n) is 1.99. The van der Waals surface area contributed by atoms with Crippen molar-refractivity contribution < 1.29 is 4.74 Å². The van der Waals surface area contributed by atoms with E-state index in [0.717, 1.165) is 31.7 Å². The Kier molecular flexibility index (Phi) is 4.69. The Balaban J connectivity index is 2.68. The minimum absolute atomic E-state index is 0.371. The van der Waals surface area contributed by atoms with E-state index in [4.69, 9.17) is 10.5 Å². The molecule has 0 aliphatic carbocycles. The second-order valence-electron chi connectivity index (χ2n) is 3.86. The number of nitrogens with zero attached hydrogens (tertiary/aromatic N) is 1. The Morgan fingerprint density at radius 2 is 1.87 bits per heavy atom. The van der Waals surface area contributed by atoms with Gasteiger partial charge >= 0.3 is 0 Å². The molecule has 1 saturated heterocycles. The summed E-state index contributed by atoms with van der Waals surface area (Å²) in [5.41, 5.74) is 7.07. The van der Waals surface area contributed by atoms with Crippen LogP contribution in [0.15, 0.2) is 23.6 Å². The first-order valence-corrected chi connectivity index (χ1v) is 5.60. The molecule has 0 atom stereocenters. The molecule has 1 rings (SSSR count). The maximum atomic E-state index is 5.89. The number of likely N-dealkylation sites (tertiary alicyclic amines) is 1. The predicted molar refractivity (Wildman–Crippen MR) is 63.3 cm³/mol. The number of methoxy groups -OCH3 is 1. The van der Waals surface area contributed by atoms with Gasteiger partial charge in [0.05, 0.1) is 12.8 Å². The quantitative estimate of drug-likeness (QED) is 0.571. The third kappa shape index (κ3) is 2.99. The monoisotopic (exact) mass is 210 g/mol. The van der Waals surface area contributed by atoms with Crippen LogP contribution >= 0.6 is 0 Å². The largest absolute Gasteiger partial charge is 0.495 e. The van der Waals surface area contributed by atoms with E-state index in [1.165, 1.54) is 5.70 Å². The van der Waals surface area contributed by atoms with Crippen LogP contribution in [0.4, 0.5) is 0 Å². The standard InChI is InChI=1S/C12H22N2O/c1-4-11(12(5-2)15-3)14-8-6-10(13)7-9-14/h4-5,10H,6-9,13H2,1-3H3/b11-4+,12-5+. The molecule has 0 spiro atoms. The maximum absolute atomic E-state index is 5.89. The Hall–Kier alpha value is -0.960. The minimum atomic E-state index is 0.371. The topological polar surface area (TPSA) is 38.5 Å². The minimum Gasteiger partial charge on any atom is -0.495 e. The van der Waals surface area contributed by atoms with Gasteiger partial charge in [-0.15, -0.1) is 0 Å². The highest BCUT2D eigenvalue weighted by atomic mass is 16.5. The lowest BCUT2D eigenvalue weighted by molar-refractivity contribution is 0.223. The van der Waals surface area contributed by atoms with Crippen molar-refractivity contribution in [2.24, 2.45) is 5.73 Å². The van der Waals surface area contributed by atoms with Gasteiger partial charge in [-0.3, -0.25) is 0 Å². The van der Waals surface area contributed by atoms with E-state index in [0.29, 0.717) is 6.04 Å². The second kappa shape index (κ2) is 5.81. The van der Waals surface area contributed by atoms with Crippen molar-refractivity contribution in [3.63, 3.8) is 0 Å². The fraction of sp³-hybridized carbons (Fsp3) is 0.667. The first-order chi connectivity index (χ1) is 7.22. The molecule has 2 N–H and O–H groups in total. The van der Waals surface area contributed by atoms with Gasteiger partial charge in [0, 0.05) is 19.1 Å². The van der Waals surface area contributed by atoms with E-state index in [1.807, 2.05) is 19.9 Å². The van der Waals surface area contributed by atoms with Crippen LogP contribution in [0, 0.1) is 0 Å². The van der Waals surface area contributed by atoms with Crippen molar-refractivity contribution in [1.29, 1.82) is 0 Å². The molecule has 3 heteroatoms. The molecule has 0 radical (unpaired) electrons. The number of hydrogen-bond acceptors (Lipinski definition) is 3. The molecule has 0 unspecified atom stereocenters. The number of hydrogen-bond donors (Lipinski definition) is 1. The van der Waals surface area contributed by atoms with Crippen LogP contribution in [0.3, 0.4) is 0 Å². The molecular weight excluding hydrogens is 188 g/mol. The lowest BCUT2D eigenvalue weighted by Gasteiger charge is -2.34. The Labute approximate surface area is 92.6 Å². The average molecular weight is 210 g/mol. The van der Waals surface area contributed by atoms with Gasteiger partial charge in [-0.1, -0.05) is 6.08 Å². The van der Waals surface area contributed by atoms with Crippen molar-refractivity contribution >= 4 is 0 Å². The molecule has 0 bridgehead atoms.